The van der Waals surface area contributed by atoms with Crippen LogP contribution < -0.4 is 10.6 Å². The lowest BCUT2D eigenvalue weighted by Gasteiger charge is -2.07. The van der Waals surface area contributed by atoms with Crippen LogP contribution in [0.2, 0.25) is 5.15 Å². The highest BCUT2D eigenvalue weighted by Crippen LogP contribution is 2.28. The summed E-state index contributed by atoms with van der Waals surface area (Å²) in [5, 5.41) is 18.6. The van der Waals surface area contributed by atoms with E-state index in [0.717, 1.165) is 11.1 Å². The Kier molecular flexibility index (Phi) is 10.4. The lowest BCUT2D eigenvalue weighted by molar-refractivity contribution is 0.697. The summed E-state index contributed by atoms with van der Waals surface area (Å²) in [6, 6.07) is 12.0. The molecule has 0 fully saturated rings. The van der Waals surface area contributed by atoms with Crippen LogP contribution in [0.3, 0.4) is 0 Å². The van der Waals surface area contributed by atoms with Crippen molar-refractivity contribution in [3.63, 3.8) is 0 Å². The number of halogens is 1. The second-order valence-corrected chi connectivity index (χ2v) is 5.52. The van der Waals surface area contributed by atoms with Crippen LogP contribution in [-0.4, -0.2) is 26.0 Å². The number of nitriles is 1. The van der Waals surface area contributed by atoms with E-state index in [0.29, 0.717) is 23.9 Å². The van der Waals surface area contributed by atoms with Gasteiger partial charge in [-0.2, -0.15) is 14.6 Å². The van der Waals surface area contributed by atoms with Crippen molar-refractivity contribution in [2.45, 2.75) is 13.1 Å². The highest BCUT2D eigenvalue weighted by atomic mass is 35.5. The Morgan fingerprint density at radius 1 is 1.36 bits per heavy atom. The van der Waals surface area contributed by atoms with E-state index in [1.165, 1.54) is 5.56 Å². The number of hydrogen-bond donors (Lipinski definition) is 3. The molecule has 144 valence electrons. The van der Waals surface area contributed by atoms with Crippen LogP contribution in [0.25, 0.3) is 11.0 Å². The molecule has 3 aromatic rings. The minimum Gasteiger partial charge on any atom is -0.380 e. The number of anilines is 1. The molecule has 3 rings (SSSR count). The monoisotopic (exact) mass is 415 g/mol. The maximum Gasteiger partial charge on any atom is 0.196 e. The largest absolute Gasteiger partial charge is 0.380 e. The lowest BCUT2D eigenvalue weighted by Crippen LogP contribution is -2.01. The van der Waals surface area contributed by atoms with Gasteiger partial charge < -0.3 is 10.6 Å². The molecule has 2 heterocycles. The van der Waals surface area contributed by atoms with Gasteiger partial charge in [-0.1, -0.05) is 47.9 Å². The Balaban J connectivity index is 0.000000489. The second kappa shape index (κ2) is 12.9. The Morgan fingerprint density at radius 3 is 2.57 bits per heavy atom. The predicted molar refractivity (Wildman–Crippen MR) is 111 cm³/mol. The van der Waals surface area contributed by atoms with Gasteiger partial charge in [0, 0.05) is 19.8 Å². The van der Waals surface area contributed by atoms with E-state index in [1.54, 1.807) is 24.1 Å². The topological polar surface area (TPSA) is 119 Å². The Morgan fingerprint density at radius 2 is 2.00 bits per heavy atom. The summed E-state index contributed by atoms with van der Waals surface area (Å²) in [6.07, 6.45) is 8.74. The van der Waals surface area contributed by atoms with Crippen molar-refractivity contribution < 1.29 is 4.21 Å². The van der Waals surface area contributed by atoms with E-state index in [1.807, 2.05) is 24.3 Å². The minimum atomic E-state index is -0.250. The smallest absolute Gasteiger partial charge is 0.196 e. The second-order valence-electron chi connectivity index (χ2n) is 4.99. The quantitative estimate of drug-likeness (QED) is 0.342. The SMILES string of the molecule is C#CCn1nc(Cl)c2c(NCc3ccccc3)ccnc21.CNC#N.N=S=O. The molecule has 28 heavy (non-hydrogen) atoms. The molecule has 0 radical (unpaired) electrons. The standard InChI is InChI=1S/C16H13ClN4.C2H4N2.HNOS/c1-2-10-21-16-14(15(17)20-21)13(8-9-18-16)19-11-12-6-4-3-5-7-12;1-4-2-3;1-3-2/h1,3-9H,10-11H2,(H,18,19);4H,1H3;1H. The molecule has 0 saturated heterocycles. The third-order valence-corrected chi connectivity index (χ3v) is 3.53. The van der Waals surface area contributed by atoms with Crippen LogP contribution in [-0.2, 0) is 24.6 Å². The van der Waals surface area contributed by atoms with E-state index < -0.39 is 0 Å². The van der Waals surface area contributed by atoms with E-state index >= 15 is 0 Å². The molecule has 0 saturated carbocycles. The molecular weight excluding hydrogens is 398 g/mol. The number of benzene rings is 1. The maximum absolute atomic E-state index is 8.51. The lowest BCUT2D eigenvalue weighted by atomic mass is 10.2. The van der Waals surface area contributed by atoms with Gasteiger partial charge >= 0.3 is 0 Å². The molecule has 8 nitrogen and oxygen atoms in total. The molecule has 0 aliphatic rings. The van der Waals surface area contributed by atoms with Crippen LogP contribution in [0.5, 0.6) is 0 Å². The summed E-state index contributed by atoms with van der Waals surface area (Å²) in [5.74, 6) is 2.55. The average molecular weight is 416 g/mol. The summed E-state index contributed by atoms with van der Waals surface area (Å²) in [4.78, 5) is 4.32. The fraction of sp³-hybridized carbons (Fsp3) is 0.167. The number of pyridine rings is 1. The molecule has 0 bridgehead atoms. The number of fused-ring (bicyclic) bond motifs is 1. The Hall–Kier alpha value is -3.40. The zero-order valence-corrected chi connectivity index (χ0v) is 16.6. The number of nitrogens with zero attached hydrogens (tertiary/aromatic N) is 4. The summed E-state index contributed by atoms with van der Waals surface area (Å²) in [7, 11) is 1.57. The first kappa shape index (κ1) is 22.6. The molecule has 0 atom stereocenters. The van der Waals surface area contributed by atoms with Crippen molar-refractivity contribution in [3.8, 4) is 18.5 Å². The number of hydrogen-bond acceptors (Lipinski definition) is 7. The van der Waals surface area contributed by atoms with Gasteiger partial charge in [0.1, 0.15) is 6.54 Å². The van der Waals surface area contributed by atoms with Gasteiger partial charge in [-0.3, -0.25) is 0 Å². The molecule has 0 unspecified atom stereocenters. The van der Waals surface area contributed by atoms with Crippen molar-refractivity contribution in [2.75, 3.05) is 12.4 Å². The summed E-state index contributed by atoms with van der Waals surface area (Å²) >= 11 is 5.97. The highest BCUT2D eigenvalue weighted by molar-refractivity contribution is 7.53. The molecule has 2 aromatic heterocycles. The first-order chi connectivity index (χ1) is 13.6. The van der Waals surface area contributed by atoms with Crippen molar-refractivity contribution in [2.24, 2.45) is 0 Å². The number of terminal acetylenes is 1. The van der Waals surface area contributed by atoms with Crippen molar-refractivity contribution in [1.82, 2.24) is 20.1 Å². The van der Waals surface area contributed by atoms with Gasteiger partial charge in [0.25, 0.3) is 0 Å². The molecule has 3 N–H and O–H groups in total. The third kappa shape index (κ3) is 6.72. The molecule has 1 aromatic carbocycles. The molecule has 0 aliphatic heterocycles. The fourth-order valence-corrected chi connectivity index (χ4v) is 2.47. The van der Waals surface area contributed by atoms with Crippen LogP contribution in [0.4, 0.5) is 5.69 Å². The molecule has 0 amide bonds. The van der Waals surface area contributed by atoms with Crippen LogP contribution in [0.15, 0.2) is 42.6 Å². The van der Waals surface area contributed by atoms with Crippen molar-refractivity contribution >= 4 is 39.8 Å². The maximum atomic E-state index is 8.51. The zero-order chi connectivity index (χ0) is 20.8. The summed E-state index contributed by atoms with van der Waals surface area (Å²) < 4.78 is 15.7. The van der Waals surface area contributed by atoms with Gasteiger partial charge in [0.2, 0.25) is 0 Å². The van der Waals surface area contributed by atoms with E-state index in [-0.39, 0.29) is 11.5 Å². The molecule has 0 spiro atoms. The normalized spacial score (nSPS) is 8.86. The fourth-order valence-electron chi connectivity index (χ4n) is 2.19. The molecule has 0 aliphatic carbocycles. The van der Waals surface area contributed by atoms with E-state index in [2.05, 4.69) is 38.8 Å². The van der Waals surface area contributed by atoms with Crippen molar-refractivity contribution in [3.05, 3.63) is 53.3 Å². The first-order valence-electron chi connectivity index (χ1n) is 7.86. The Bertz CT molecular complexity index is 1000. The van der Waals surface area contributed by atoms with Gasteiger partial charge in [0.05, 0.1) is 11.1 Å². The highest BCUT2D eigenvalue weighted by Gasteiger charge is 2.13. The minimum absolute atomic E-state index is 0.250. The summed E-state index contributed by atoms with van der Waals surface area (Å²) in [6.45, 7) is 1.05. The number of nitrogens with one attached hydrogen (secondary N) is 3. The number of aromatic nitrogens is 3. The van der Waals surface area contributed by atoms with Gasteiger partial charge in [0.15, 0.2) is 28.5 Å². The summed E-state index contributed by atoms with van der Waals surface area (Å²) in [5.41, 5.74) is 2.78. The number of rotatable bonds is 4. The molecule has 10 heteroatoms. The van der Waals surface area contributed by atoms with E-state index in [9.17, 15) is 0 Å². The molecular formula is C18H18ClN7OS. The van der Waals surface area contributed by atoms with Gasteiger partial charge in [-0.25, -0.2) is 14.4 Å². The first-order valence-corrected chi connectivity index (χ1v) is 8.98. The zero-order valence-electron chi connectivity index (χ0n) is 15.0. The van der Waals surface area contributed by atoms with Crippen LogP contribution in [0, 0.1) is 28.6 Å². The van der Waals surface area contributed by atoms with Gasteiger partial charge in [-0.15, -0.1) is 6.42 Å². The van der Waals surface area contributed by atoms with Crippen molar-refractivity contribution in [1.29, 1.82) is 10.0 Å². The van der Waals surface area contributed by atoms with Crippen LogP contribution in [0.1, 0.15) is 5.56 Å². The van der Waals surface area contributed by atoms with E-state index in [4.69, 9.17) is 32.3 Å². The predicted octanol–water partition coefficient (Wildman–Crippen LogP) is 2.98. The van der Waals surface area contributed by atoms with Crippen LogP contribution >= 0.6 is 11.6 Å². The third-order valence-electron chi connectivity index (χ3n) is 3.27. The average Bonchev–Trinajstić information content (AvgIpc) is 3.04. The Labute approximate surface area is 171 Å². The van der Waals surface area contributed by atoms with Gasteiger partial charge in [-0.05, 0) is 11.6 Å².